The lowest BCUT2D eigenvalue weighted by Gasteiger charge is -2.23. The van der Waals surface area contributed by atoms with Crippen molar-refractivity contribution in [2.45, 2.75) is 23.5 Å². The van der Waals surface area contributed by atoms with Crippen molar-refractivity contribution in [1.82, 2.24) is 4.90 Å². The second-order valence-corrected chi connectivity index (χ2v) is 12.6. The van der Waals surface area contributed by atoms with Gasteiger partial charge in [0, 0.05) is 30.4 Å². The third kappa shape index (κ3) is 4.30. The van der Waals surface area contributed by atoms with E-state index in [1.54, 1.807) is 6.08 Å². The molecular formula is C23H22ClN3O3S3. The van der Waals surface area contributed by atoms with Gasteiger partial charge in [0.2, 0.25) is 0 Å². The van der Waals surface area contributed by atoms with Gasteiger partial charge in [0.05, 0.1) is 9.24 Å². The van der Waals surface area contributed by atoms with Gasteiger partial charge in [-0.2, -0.15) is 8.42 Å². The molecule has 172 valence electrons. The molecule has 0 spiro atoms. The van der Waals surface area contributed by atoms with Gasteiger partial charge in [-0.05, 0) is 47.7 Å². The summed E-state index contributed by atoms with van der Waals surface area (Å²) in [6, 6.07) is 11.1. The van der Waals surface area contributed by atoms with E-state index >= 15 is 0 Å². The molecule has 1 saturated heterocycles. The molecule has 2 aliphatic heterocycles. The van der Waals surface area contributed by atoms with Crippen molar-refractivity contribution in [2.24, 2.45) is 4.40 Å². The summed E-state index contributed by atoms with van der Waals surface area (Å²) in [5.74, 6) is -0.314. The maximum absolute atomic E-state index is 13.1. The van der Waals surface area contributed by atoms with Crippen LogP contribution in [0.5, 0.6) is 0 Å². The summed E-state index contributed by atoms with van der Waals surface area (Å²) in [4.78, 5) is 16.9. The first kappa shape index (κ1) is 23.8. The second kappa shape index (κ2) is 8.79. The second-order valence-electron chi connectivity index (χ2n) is 8.00. The van der Waals surface area contributed by atoms with E-state index in [4.69, 9.17) is 11.6 Å². The van der Waals surface area contributed by atoms with Gasteiger partial charge in [-0.3, -0.25) is 9.69 Å². The molecule has 0 unspecified atom stereocenters. The van der Waals surface area contributed by atoms with E-state index in [1.807, 2.05) is 25.3 Å². The third-order valence-electron chi connectivity index (χ3n) is 5.53. The number of para-hydroxylation sites is 1. The fourth-order valence-corrected chi connectivity index (χ4v) is 7.51. The van der Waals surface area contributed by atoms with E-state index in [9.17, 15) is 13.2 Å². The Morgan fingerprint density at radius 2 is 1.91 bits per heavy atom. The van der Waals surface area contributed by atoms with E-state index in [0.29, 0.717) is 9.24 Å². The molecule has 2 aliphatic rings. The van der Waals surface area contributed by atoms with Gasteiger partial charge in [0.1, 0.15) is 4.21 Å². The molecule has 0 N–H and O–H groups in total. The molecule has 1 aromatic carbocycles. The van der Waals surface area contributed by atoms with E-state index < -0.39 is 10.0 Å². The number of carbonyl (C=O) groups excluding carboxylic acids is 1. The van der Waals surface area contributed by atoms with Crippen LogP contribution in [-0.4, -0.2) is 38.0 Å². The van der Waals surface area contributed by atoms with Gasteiger partial charge >= 0.3 is 0 Å². The Hall–Kier alpha value is -2.33. The van der Waals surface area contributed by atoms with Crippen LogP contribution in [0.3, 0.4) is 0 Å². The number of nitrogens with zero attached hydrogens (tertiary/aromatic N) is 3. The molecule has 0 saturated carbocycles. The zero-order valence-corrected chi connectivity index (χ0v) is 21.5. The van der Waals surface area contributed by atoms with Gasteiger partial charge in [0.15, 0.2) is 5.17 Å². The number of rotatable bonds is 5. The number of thioether (sulfide) groups is 1. The number of allylic oxidation sites excluding steroid dienone is 3. The van der Waals surface area contributed by atoms with Gasteiger partial charge < -0.3 is 4.90 Å². The van der Waals surface area contributed by atoms with Crippen LogP contribution in [0.15, 0.2) is 80.4 Å². The number of amides is 1. The Kier molecular flexibility index (Phi) is 6.34. The van der Waals surface area contributed by atoms with Crippen molar-refractivity contribution in [3.8, 4) is 0 Å². The first-order valence-corrected chi connectivity index (χ1v) is 13.5. The van der Waals surface area contributed by atoms with Crippen molar-refractivity contribution in [2.75, 3.05) is 18.5 Å². The minimum Gasteiger partial charge on any atom is -0.347 e. The Morgan fingerprint density at radius 1 is 1.18 bits per heavy atom. The molecule has 6 nitrogen and oxygen atoms in total. The SMILES string of the molecule is C=CCN1C(=O)/C(=C/C=C2/N(C)c3ccccc3C2(C)C)SC1=NS(=O)(=O)c1ccc(Cl)s1. The summed E-state index contributed by atoms with van der Waals surface area (Å²) in [5.41, 5.74) is 3.12. The largest absolute Gasteiger partial charge is 0.347 e. The molecule has 4 rings (SSSR count). The van der Waals surface area contributed by atoms with Crippen LogP contribution in [-0.2, 0) is 20.2 Å². The Labute approximate surface area is 207 Å². The average molecular weight is 520 g/mol. The summed E-state index contributed by atoms with van der Waals surface area (Å²) in [7, 11) is -2.00. The quantitative estimate of drug-likeness (QED) is 0.390. The van der Waals surface area contributed by atoms with E-state index in [2.05, 4.69) is 41.9 Å². The lowest BCUT2D eigenvalue weighted by Crippen LogP contribution is -2.29. The van der Waals surface area contributed by atoms with Gasteiger partial charge in [-0.15, -0.1) is 22.3 Å². The molecule has 0 radical (unpaired) electrons. The summed E-state index contributed by atoms with van der Waals surface area (Å²) >= 11 is 7.84. The van der Waals surface area contributed by atoms with Gasteiger partial charge in [0.25, 0.3) is 15.9 Å². The molecule has 0 bridgehead atoms. The summed E-state index contributed by atoms with van der Waals surface area (Å²) in [6.07, 6.45) is 5.19. The molecular weight excluding hydrogens is 498 g/mol. The lowest BCUT2D eigenvalue weighted by molar-refractivity contribution is -0.121. The van der Waals surface area contributed by atoms with Crippen LogP contribution in [0, 0.1) is 0 Å². The number of carbonyl (C=O) groups is 1. The minimum absolute atomic E-state index is 0.0262. The van der Waals surface area contributed by atoms with Crippen LogP contribution in [0.4, 0.5) is 5.69 Å². The van der Waals surface area contributed by atoms with Crippen molar-refractivity contribution >= 4 is 61.5 Å². The van der Waals surface area contributed by atoms with Crippen LogP contribution in [0.25, 0.3) is 0 Å². The fourth-order valence-electron chi connectivity index (χ4n) is 3.92. The number of halogens is 1. The fraction of sp³-hybridized carbons (Fsp3) is 0.217. The Balaban J connectivity index is 1.70. The molecule has 10 heteroatoms. The van der Waals surface area contributed by atoms with E-state index in [0.717, 1.165) is 34.5 Å². The maximum atomic E-state index is 13.1. The third-order valence-corrected chi connectivity index (χ3v) is 9.64. The standard InChI is InChI=1S/C23H22ClN3O3S3/c1-5-14-27-21(28)17(31-22(27)25-33(29,30)20-13-12-19(24)32-20)10-11-18-23(2,3)15-8-6-7-9-16(15)26(18)4/h5-13H,1,14H2,2-4H3/b17-10-,18-11+,25-22?. The zero-order chi connectivity index (χ0) is 24.0. The van der Waals surface area contributed by atoms with Gasteiger partial charge in [-0.1, -0.05) is 49.7 Å². The lowest BCUT2D eigenvalue weighted by atomic mass is 9.84. The Bertz CT molecular complexity index is 1340. The zero-order valence-electron chi connectivity index (χ0n) is 18.3. The van der Waals surface area contributed by atoms with Crippen molar-refractivity contribution < 1.29 is 13.2 Å². The number of likely N-dealkylation sites (N-methyl/N-ethyl adjacent to an activating group) is 1. The number of amidine groups is 1. The molecule has 0 atom stereocenters. The minimum atomic E-state index is -3.99. The summed E-state index contributed by atoms with van der Waals surface area (Å²) < 4.78 is 29.8. The van der Waals surface area contributed by atoms with Crippen LogP contribution in [0.1, 0.15) is 19.4 Å². The smallest absolute Gasteiger partial charge is 0.294 e. The van der Waals surface area contributed by atoms with Crippen molar-refractivity contribution in [3.63, 3.8) is 0 Å². The van der Waals surface area contributed by atoms with Crippen LogP contribution < -0.4 is 4.90 Å². The van der Waals surface area contributed by atoms with E-state index in [-0.39, 0.29) is 27.2 Å². The van der Waals surface area contributed by atoms with Crippen molar-refractivity contribution in [1.29, 1.82) is 0 Å². The number of hydrogen-bond acceptors (Lipinski definition) is 6. The number of sulfonamides is 1. The molecule has 1 aromatic heterocycles. The highest BCUT2D eigenvalue weighted by Crippen LogP contribution is 2.47. The highest BCUT2D eigenvalue weighted by molar-refractivity contribution is 8.19. The molecule has 3 heterocycles. The van der Waals surface area contributed by atoms with E-state index in [1.165, 1.54) is 28.7 Å². The topological polar surface area (TPSA) is 70.1 Å². The van der Waals surface area contributed by atoms with Crippen LogP contribution >= 0.6 is 34.7 Å². The predicted molar refractivity (Wildman–Crippen MR) is 137 cm³/mol. The van der Waals surface area contributed by atoms with Gasteiger partial charge in [-0.25, -0.2) is 0 Å². The number of hydrogen-bond donors (Lipinski definition) is 0. The molecule has 0 aliphatic carbocycles. The normalized spacial score (nSPS) is 21.5. The number of benzene rings is 1. The van der Waals surface area contributed by atoms with Crippen molar-refractivity contribution in [3.05, 3.63) is 81.7 Å². The van der Waals surface area contributed by atoms with Crippen LogP contribution in [0.2, 0.25) is 4.34 Å². The Morgan fingerprint density at radius 3 is 2.55 bits per heavy atom. The molecule has 2 aromatic rings. The molecule has 33 heavy (non-hydrogen) atoms. The monoisotopic (exact) mass is 519 g/mol. The summed E-state index contributed by atoms with van der Waals surface area (Å²) in [5, 5.41) is 0.0939. The molecule has 1 amide bonds. The first-order valence-electron chi connectivity index (χ1n) is 10.0. The average Bonchev–Trinajstić information content (AvgIpc) is 3.38. The predicted octanol–water partition coefficient (Wildman–Crippen LogP) is 5.40. The number of fused-ring (bicyclic) bond motifs is 1. The molecule has 1 fully saturated rings. The maximum Gasteiger partial charge on any atom is 0.294 e. The number of thiophene rings is 1. The number of anilines is 1. The highest BCUT2D eigenvalue weighted by Gasteiger charge is 2.38. The highest BCUT2D eigenvalue weighted by atomic mass is 35.5. The summed E-state index contributed by atoms with van der Waals surface area (Å²) in [6.45, 7) is 8.10. The first-order chi connectivity index (χ1) is 15.6.